The molecule has 36 heavy (non-hydrogen) atoms. The van der Waals surface area contributed by atoms with E-state index in [1.54, 1.807) is 0 Å². The van der Waals surface area contributed by atoms with Crippen LogP contribution in [0.1, 0.15) is 5.56 Å². The molecule has 5 heteroatoms. The molecule has 0 radical (unpaired) electrons. The fraction of sp³-hybridized carbons (Fsp3) is 0.129. The topological polar surface area (TPSA) is 12.9 Å². The summed E-state index contributed by atoms with van der Waals surface area (Å²) in [6.07, 6.45) is -2.49. The Bertz CT molecular complexity index is 1510. The predicted molar refractivity (Wildman–Crippen MR) is 146 cm³/mol. The van der Waals surface area contributed by atoms with Crippen LogP contribution >= 0.6 is 0 Å². The Labute approximate surface area is 210 Å². The minimum absolute atomic E-state index is 0.649. The molecule has 0 aliphatic heterocycles. The van der Waals surface area contributed by atoms with Crippen LogP contribution in [0, 0.1) is 0 Å². The summed E-state index contributed by atoms with van der Waals surface area (Å²) in [7, 11) is -1.31. The molecule has 0 fully saturated rings. The number of aromatic nitrogens is 1. The molecule has 1 nitrogen and oxygen atoms in total. The highest BCUT2D eigenvalue weighted by molar-refractivity contribution is 6.88. The van der Waals surface area contributed by atoms with Crippen LogP contribution in [0.2, 0.25) is 19.6 Å². The molecule has 0 bridgehead atoms. The minimum Gasteiger partial charge on any atom is -0.256 e. The molecule has 0 spiro atoms. The third kappa shape index (κ3) is 4.98. The van der Waals surface area contributed by atoms with Crippen LogP contribution in [0.3, 0.4) is 0 Å². The van der Waals surface area contributed by atoms with E-state index in [1.807, 2.05) is 24.4 Å². The molecule has 0 aliphatic rings. The second kappa shape index (κ2) is 9.06. The van der Waals surface area contributed by atoms with Crippen molar-refractivity contribution in [3.05, 3.63) is 109 Å². The van der Waals surface area contributed by atoms with E-state index in [2.05, 4.69) is 79.2 Å². The lowest BCUT2D eigenvalue weighted by Gasteiger charge is -2.16. The van der Waals surface area contributed by atoms with Crippen molar-refractivity contribution >= 4 is 24.2 Å². The zero-order valence-electron chi connectivity index (χ0n) is 20.4. The molecule has 180 valence electrons. The molecule has 0 saturated carbocycles. The first-order valence-electron chi connectivity index (χ1n) is 11.9. The van der Waals surface area contributed by atoms with Crippen LogP contribution in [0.15, 0.2) is 103 Å². The van der Waals surface area contributed by atoms with E-state index in [0.29, 0.717) is 0 Å². The second-order valence-electron chi connectivity index (χ2n) is 10.1. The van der Waals surface area contributed by atoms with Crippen molar-refractivity contribution in [2.24, 2.45) is 0 Å². The number of nitrogens with zero attached hydrogens (tertiary/aromatic N) is 1. The summed E-state index contributed by atoms with van der Waals surface area (Å²) in [4.78, 5) is 4.64. The first-order valence-corrected chi connectivity index (χ1v) is 15.4. The Morgan fingerprint density at radius 1 is 0.556 bits per heavy atom. The van der Waals surface area contributed by atoms with Crippen LogP contribution in [0.25, 0.3) is 44.3 Å². The van der Waals surface area contributed by atoms with Crippen molar-refractivity contribution in [3.63, 3.8) is 0 Å². The lowest BCUT2D eigenvalue weighted by Crippen LogP contribution is -2.37. The van der Waals surface area contributed by atoms with Gasteiger partial charge in [0.05, 0.1) is 19.2 Å². The minimum atomic E-state index is -4.34. The van der Waals surface area contributed by atoms with E-state index in [-0.39, 0.29) is 0 Å². The summed E-state index contributed by atoms with van der Waals surface area (Å²) < 4.78 is 38.6. The van der Waals surface area contributed by atoms with Crippen molar-refractivity contribution in [1.82, 2.24) is 4.98 Å². The number of rotatable bonds is 4. The van der Waals surface area contributed by atoms with Crippen LogP contribution < -0.4 is 5.19 Å². The number of fused-ring (bicyclic) bond motifs is 1. The number of benzene rings is 4. The summed E-state index contributed by atoms with van der Waals surface area (Å²) >= 11 is 0. The van der Waals surface area contributed by atoms with E-state index in [0.717, 1.165) is 45.3 Å². The Kier molecular flexibility index (Phi) is 6.05. The van der Waals surface area contributed by atoms with Gasteiger partial charge in [0, 0.05) is 17.1 Å². The monoisotopic (exact) mass is 497 g/mol. The number of hydrogen-bond acceptors (Lipinski definition) is 1. The summed E-state index contributed by atoms with van der Waals surface area (Å²) in [5.41, 5.74) is 6.20. The van der Waals surface area contributed by atoms with Crippen LogP contribution in [-0.2, 0) is 6.18 Å². The van der Waals surface area contributed by atoms with Gasteiger partial charge in [-0.3, -0.25) is 4.98 Å². The van der Waals surface area contributed by atoms with E-state index >= 15 is 0 Å². The van der Waals surface area contributed by atoms with Gasteiger partial charge in [0.15, 0.2) is 0 Å². The van der Waals surface area contributed by atoms with Crippen LogP contribution in [-0.4, -0.2) is 13.1 Å². The van der Waals surface area contributed by atoms with Crippen molar-refractivity contribution in [1.29, 1.82) is 0 Å². The summed E-state index contributed by atoms with van der Waals surface area (Å²) in [5, 5.41) is 2.43. The Morgan fingerprint density at radius 2 is 1.03 bits per heavy atom. The fourth-order valence-corrected chi connectivity index (χ4v) is 5.49. The highest BCUT2D eigenvalue weighted by Gasteiger charge is 2.30. The Morgan fingerprint density at radius 3 is 1.58 bits per heavy atom. The van der Waals surface area contributed by atoms with Gasteiger partial charge in [-0.15, -0.1) is 0 Å². The Hall–Kier alpha value is -3.70. The number of alkyl halides is 3. The molecular weight excluding hydrogens is 471 g/mol. The van der Waals surface area contributed by atoms with Gasteiger partial charge in [0.2, 0.25) is 0 Å². The quantitative estimate of drug-likeness (QED) is 0.226. The summed E-state index contributed by atoms with van der Waals surface area (Å²) in [6.45, 7) is 7.05. The lowest BCUT2D eigenvalue weighted by molar-refractivity contribution is -0.137. The number of halogens is 3. The lowest BCUT2D eigenvalue weighted by atomic mass is 9.99. The van der Waals surface area contributed by atoms with Crippen molar-refractivity contribution in [2.45, 2.75) is 25.8 Å². The molecule has 1 aromatic heterocycles. The molecule has 0 amide bonds. The third-order valence-corrected chi connectivity index (χ3v) is 8.60. The van der Waals surface area contributed by atoms with Gasteiger partial charge in [0.25, 0.3) is 0 Å². The fourth-order valence-electron chi connectivity index (χ4n) is 4.33. The first-order chi connectivity index (χ1) is 17.1. The molecule has 5 rings (SSSR count). The van der Waals surface area contributed by atoms with E-state index in [4.69, 9.17) is 0 Å². The summed E-state index contributed by atoms with van der Waals surface area (Å²) in [6, 6.07) is 30.5. The smallest absolute Gasteiger partial charge is 0.256 e. The highest BCUT2D eigenvalue weighted by Crippen LogP contribution is 2.32. The molecule has 1 heterocycles. The second-order valence-corrected chi connectivity index (χ2v) is 15.2. The largest absolute Gasteiger partial charge is 0.416 e. The number of hydrogen-bond donors (Lipinski definition) is 0. The van der Waals surface area contributed by atoms with E-state index < -0.39 is 19.8 Å². The molecule has 0 N–H and O–H groups in total. The molecule has 5 aromatic rings. The van der Waals surface area contributed by atoms with Crippen molar-refractivity contribution in [3.8, 4) is 33.4 Å². The van der Waals surface area contributed by atoms with Gasteiger partial charge in [0.1, 0.15) is 0 Å². The average Bonchev–Trinajstić information content (AvgIpc) is 2.87. The van der Waals surface area contributed by atoms with Gasteiger partial charge < -0.3 is 0 Å². The molecule has 0 aliphatic carbocycles. The molecule has 4 aromatic carbocycles. The van der Waals surface area contributed by atoms with Gasteiger partial charge in [-0.2, -0.15) is 13.2 Å². The molecule has 0 atom stereocenters. The SMILES string of the molecule is C[Si](C)(C)c1ccc(-c2ccc(-c3cnc4cc(-c5ccc(C(F)(F)F)cc5)ccc4c3)cc2)cc1. The molecular formula is C31H26F3NSi. The zero-order valence-corrected chi connectivity index (χ0v) is 21.4. The average molecular weight is 498 g/mol. The highest BCUT2D eigenvalue weighted by atomic mass is 28.3. The standard InChI is InChI=1S/C31H26F3NSi/c1-36(2,3)29-16-12-22(13-17-29)21-4-6-24(7-5-21)27-18-26-9-8-25(19-30(26)35-20-27)23-10-14-28(15-11-23)31(32,33)34/h4-20H,1-3H3. The molecule has 0 unspecified atom stereocenters. The van der Waals surface area contributed by atoms with Crippen molar-refractivity contribution in [2.75, 3.05) is 0 Å². The van der Waals surface area contributed by atoms with Gasteiger partial charge >= 0.3 is 6.18 Å². The normalized spacial score (nSPS) is 12.2. The van der Waals surface area contributed by atoms with Gasteiger partial charge in [-0.05, 0) is 52.1 Å². The van der Waals surface area contributed by atoms with E-state index in [9.17, 15) is 13.2 Å². The Balaban J connectivity index is 1.38. The maximum absolute atomic E-state index is 12.9. The maximum Gasteiger partial charge on any atom is 0.416 e. The molecule has 0 saturated heterocycles. The predicted octanol–water partition coefficient (Wildman–Crippen LogP) is 8.80. The van der Waals surface area contributed by atoms with Crippen LogP contribution in [0.5, 0.6) is 0 Å². The van der Waals surface area contributed by atoms with Gasteiger partial charge in [-0.1, -0.05) is 97.6 Å². The third-order valence-electron chi connectivity index (χ3n) is 6.53. The number of pyridine rings is 1. The van der Waals surface area contributed by atoms with Crippen molar-refractivity contribution < 1.29 is 13.2 Å². The first kappa shape index (κ1) is 24.0. The van der Waals surface area contributed by atoms with E-state index in [1.165, 1.54) is 28.4 Å². The maximum atomic E-state index is 12.9. The zero-order chi connectivity index (χ0) is 25.5. The van der Waals surface area contributed by atoms with Crippen LogP contribution in [0.4, 0.5) is 13.2 Å². The summed E-state index contributed by atoms with van der Waals surface area (Å²) in [5.74, 6) is 0. The van der Waals surface area contributed by atoms with Gasteiger partial charge in [-0.25, -0.2) is 0 Å².